The van der Waals surface area contributed by atoms with Gasteiger partial charge in [0.2, 0.25) is 0 Å². The highest BCUT2D eigenvalue weighted by Gasteiger charge is 2.16. The molecule has 0 aliphatic carbocycles. The molecule has 0 aliphatic rings. The predicted octanol–water partition coefficient (Wildman–Crippen LogP) is 2.23. The minimum Gasteiger partial charge on any atom is -0.493 e. The average Bonchev–Trinajstić information content (AvgIpc) is 2.10. The molecule has 0 aromatic heterocycles. The van der Waals surface area contributed by atoms with Crippen molar-refractivity contribution in [3.8, 4) is 5.75 Å². The molecule has 0 bridgehead atoms. The summed E-state index contributed by atoms with van der Waals surface area (Å²) in [6.45, 7) is -0.606. The summed E-state index contributed by atoms with van der Waals surface area (Å²) < 4.78 is 30.8. The predicted molar refractivity (Wildman–Crippen MR) is 46.5 cm³/mol. The third-order valence-electron chi connectivity index (χ3n) is 1.58. The summed E-state index contributed by atoms with van der Waals surface area (Å²) in [6, 6.07) is 0.952. The molecule has 0 saturated carbocycles. The molecule has 0 unspecified atom stereocenters. The molecule has 0 heterocycles. The molecule has 2 nitrogen and oxygen atoms in total. The van der Waals surface area contributed by atoms with Gasteiger partial charge in [-0.15, -0.1) is 0 Å². The molecule has 0 saturated heterocycles. The highest BCUT2D eigenvalue weighted by molar-refractivity contribution is 9.10. The number of rotatable bonds is 2. The second-order valence-corrected chi connectivity index (χ2v) is 3.18. The van der Waals surface area contributed by atoms with E-state index in [9.17, 15) is 8.78 Å². The van der Waals surface area contributed by atoms with Crippen LogP contribution in [-0.2, 0) is 6.61 Å². The van der Waals surface area contributed by atoms with Gasteiger partial charge in [0, 0.05) is 0 Å². The van der Waals surface area contributed by atoms with Crippen molar-refractivity contribution < 1.29 is 18.6 Å². The minimum atomic E-state index is -0.708. The third-order valence-corrected chi connectivity index (χ3v) is 2.16. The van der Waals surface area contributed by atoms with Crippen molar-refractivity contribution in [3.05, 3.63) is 27.7 Å². The van der Waals surface area contributed by atoms with E-state index in [2.05, 4.69) is 20.7 Å². The van der Waals surface area contributed by atoms with Crippen LogP contribution in [0.1, 0.15) is 5.56 Å². The van der Waals surface area contributed by atoms with Gasteiger partial charge in [-0.2, -0.15) is 0 Å². The summed E-state index contributed by atoms with van der Waals surface area (Å²) in [4.78, 5) is 0. The van der Waals surface area contributed by atoms with Crippen LogP contribution in [0, 0.1) is 11.6 Å². The molecule has 13 heavy (non-hydrogen) atoms. The monoisotopic (exact) mass is 252 g/mol. The smallest absolute Gasteiger partial charge is 0.166 e. The molecule has 5 heteroatoms. The van der Waals surface area contributed by atoms with Gasteiger partial charge in [-0.1, -0.05) is 0 Å². The quantitative estimate of drug-likeness (QED) is 0.819. The molecule has 0 aliphatic heterocycles. The van der Waals surface area contributed by atoms with Crippen LogP contribution in [0.4, 0.5) is 8.78 Å². The van der Waals surface area contributed by atoms with Gasteiger partial charge in [0.15, 0.2) is 11.6 Å². The lowest BCUT2D eigenvalue weighted by atomic mass is 10.2. The van der Waals surface area contributed by atoms with Gasteiger partial charge in [0.05, 0.1) is 23.8 Å². The van der Waals surface area contributed by atoms with Crippen molar-refractivity contribution in [2.24, 2.45) is 0 Å². The van der Waals surface area contributed by atoms with Crippen LogP contribution < -0.4 is 4.74 Å². The third kappa shape index (κ3) is 1.81. The number of hydrogen-bond donors (Lipinski definition) is 1. The van der Waals surface area contributed by atoms with E-state index in [4.69, 9.17) is 5.11 Å². The summed E-state index contributed by atoms with van der Waals surface area (Å²) >= 11 is 2.82. The highest BCUT2D eigenvalue weighted by Crippen LogP contribution is 2.30. The maximum atomic E-state index is 13.2. The molecule has 0 spiro atoms. The maximum absolute atomic E-state index is 13.2. The van der Waals surface area contributed by atoms with E-state index in [0.717, 1.165) is 6.07 Å². The van der Waals surface area contributed by atoms with Crippen molar-refractivity contribution in [2.75, 3.05) is 7.11 Å². The SMILES string of the molecule is COc1c(F)cc(Br)c(F)c1CO. The van der Waals surface area contributed by atoms with Crippen LogP contribution in [0.25, 0.3) is 0 Å². The zero-order valence-corrected chi connectivity index (χ0v) is 8.36. The van der Waals surface area contributed by atoms with Crippen molar-refractivity contribution >= 4 is 15.9 Å². The molecule has 0 amide bonds. The van der Waals surface area contributed by atoms with E-state index in [-0.39, 0.29) is 15.8 Å². The Bertz CT molecular complexity index is 328. The van der Waals surface area contributed by atoms with Crippen LogP contribution in [-0.4, -0.2) is 12.2 Å². The van der Waals surface area contributed by atoms with E-state index in [1.807, 2.05) is 0 Å². The van der Waals surface area contributed by atoms with Crippen molar-refractivity contribution in [2.45, 2.75) is 6.61 Å². The number of aliphatic hydroxyl groups excluding tert-OH is 1. The van der Waals surface area contributed by atoms with E-state index in [1.165, 1.54) is 7.11 Å². The summed E-state index contributed by atoms with van der Waals surface area (Å²) in [7, 11) is 1.21. The number of benzene rings is 1. The number of halogens is 3. The fraction of sp³-hybridized carbons (Fsp3) is 0.250. The molecule has 72 valence electrons. The number of hydrogen-bond acceptors (Lipinski definition) is 2. The first kappa shape index (κ1) is 10.4. The molecule has 1 rings (SSSR count). The Kier molecular flexibility index (Phi) is 3.22. The van der Waals surface area contributed by atoms with Gasteiger partial charge >= 0.3 is 0 Å². The first-order chi connectivity index (χ1) is 6.11. The molecular weight excluding hydrogens is 246 g/mol. The van der Waals surface area contributed by atoms with Gasteiger partial charge in [0.1, 0.15) is 5.82 Å². The summed E-state index contributed by atoms with van der Waals surface area (Å²) in [5, 5.41) is 8.77. The van der Waals surface area contributed by atoms with Gasteiger partial charge in [-0.25, -0.2) is 8.78 Å². The molecule has 0 fully saturated rings. The molecule has 0 atom stereocenters. The molecule has 1 aromatic carbocycles. The van der Waals surface area contributed by atoms with Crippen LogP contribution in [0.2, 0.25) is 0 Å². The summed E-state index contributed by atoms with van der Waals surface area (Å²) in [5.41, 5.74) is -0.186. The van der Waals surface area contributed by atoms with Crippen LogP contribution in [0.3, 0.4) is 0 Å². The molecule has 1 N–H and O–H groups in total. The second kappa shape index (κ2) is 4.02. The molecule has 0 radical (unpaired) electrons. The van der Waals surface area contributed by atoms with Crippen LogP contribution in [0.15, 0.2) is 10.5 Å². The molecule has 1 aromatic rings. The first-order valence-electron chi connectivity index (χ1n) is 3.43. The lowest BCUT2D eigenvalue weighted by Crippen LogP contribution is -2.00. The Balaban J connectivity index is 3.41. The number of methoxy groups -OCH3 is 1. The Morgan fingerprint density at radius 2 is 2.15 bits per heavy atom. The van der Waals surface area contributed by atoms with Gasteiger partial charge in [0.25, 0.3) is 0 Å². The first-order valence-corrected chi connectivity index (χ1v) is 4.22. The topological polar surface area (TPSA) is 29.5 Å². The van der Waals surface area contributed by atoms with Gasteiger partial charge < -0.3 is 9.84 Å². The zero-order valence-electron chi connectivity index (χ0n) is 6.77. The van der Waals surface area contributed by atoms with E-state index >= 15 is 0 Å². The maximum Gasteiger partial charge on any atom is 0.166 e. The normalized spacial score (nSPS) is 10.2. The highest BCUT2D eigenvalue weighted by atomic mass is 79.9. The Morgan fingerprint density at radius 3 is 2.62 bits per heavy atom. The Labute approximate surface area is 82.3 Å². The lowest BCUT2D eigenvalue weighted by Gasteiger charge is -2.09. The van der Waals surface area contributed by atoms with Crippen LogP contribution in [0.5, 0.6) is 5.75 Å². The van der Waals surface area contributed by atoms with Crippen molar-refractivity contribution in [3.63, 3.8) is 0 Å². The minimum absolute atomic E-state index is 0.0325. The fourth-order valence-corrected chi connectivity index (χ4v) is 1.43. The zero-order chi connectivity index (χ0) is 10.0. The number of aliphatic hydroxyl groups is 1. The van der Waals surface area contributed by atoms with Gasteiger partial charge in [-0.05, 0) is 22.0 Å². The number of ether oxygens (including phenoxy) is 1. The van der Waals surface area contributed by atoms with E-state index in [1.54, 1.807) is 0 Å². The van der Waals surface area contributed by atoms with Gasteiger partial charge in [-0.3, -0.25) is 0 Å². The van der Waals surface area contributed by atoms with Crippen LogP contribution >= 0.6 is 15.9 Å². The fourth-order valence-electron chi connectivity index (χ4n) is 0.990. The van der Waals surface area contributed by atoms with Crippen molar-refractivity contribution in [1.82, 2.24) is 0 Å². The van der Waals surface area contributed by atoms with E-state index in [0.29, 0.717) is 0 Å². The lowest BCUT2D eigenvalue weighted by molar-refractivity contribution is 0.263. The largest absolute Gasteiger partial charge is 0.493 e. The van der Waals surface area contributed by atoms with E-state index < -0.39 is 18.2 Å². The molecular formula is C8H7BrF2O2. The second-order valence-electron chi connectivity index (χ2n) is 2.32. The Morgan fingerprint density at radius 1 is 1.54 bits per heavy atom. The summed E-state index contributed by atoms with van der Waals surface area (Å²) in [5.74, 6) is -1.68. The standard InChI is InChI=1S/C8H7BrF2O2/c1-13-8-4(3-12)7(11)5(9)2-6(8)10/h2,12H,3H2,1H3. The van der Waals surface area contributed by atoms with Crippen molar-refractivity contribution in [1.29, 1.82) is 0 Å². The average molecular weight is 253 g/mol. The summed E-state index contributed by atoms with van der Waals surface area (Å²) in [6.07, 6.45) is 0. The Hall–Kier alpha value is -0.680.